The average Bonchev–Trinajstić information content (AvgIpc) is 2.74. The summed E-state index contributed by atoms with van der Waals surface area (Å²) in [6.07, 6.45) is 1.86. The van der Waals surface area contributed by atoms with Gasteiger partial charge < -0.3 is 4.90 Å². The SMILES string of the molecule is CC.CN1CC2CCC(C1)N2S(=O)(=O)Cc1cccc(F)c1. The molecule has 3 rings (SSSR count). The van der Waals surface area contributed by atoms with Gasteiger partial charge in [-0.3, -0.25) is 0 Å². The molecule has 2 fully saturated rings. The number of nitrogens with zero attached hydrogens (tertiary/aromatic N) is 2. The minimum Gasteiger partial charge on any atom is -0.303 e. The summed E-state index contributed by atoms with van der Waals surface area (Å²) in [7, 11) is -1.34. The molecule has 0 amide bonds. The van der Waals surface area contributed by atoms with Crippen LogP contribution in [0.1, 0.15) is 32.3 Å². The first-order valence-electron chi connectivity index (χ1n) is 7.90. The fourth-order valence-electron chi connectivity index (χ4n) is 3.44. The van der Waals surface area contributed by atoms with Crippen molar-refractivity contribution in [1.29, 1.82) is 0 Å². The van der Waals surface area contributed by atoms with Crippen molar-refractivity contribution in [3.63, 3.8) is 0 Å². The van der Waals surface area contributed by atoms with Gasteiger partial charge >= 0.3 is 0 Å². The molecule has 22 heavy (non-hydrogen) atoms. The highest BCUT2D eigenvalue weighted by molar-refractivity contribution is 7.88. The number of likely N-dealkylation sites (tertiary alicyclic amines) is 1. The van der Waals surface area contributed by atoms with Crippen molar-refractivity contribution >= 4 is 10.0 Å². The van der Waals surface area contributed by atoms with E-state index < -0.39 is 10.0 Å². The highest BCUT2D eigenvalue weighted by Crippen LogP contribution is 2.33. The zero-order valence-electron chi connectivity index (χ0n) is 13.5. The van der Waals surface area contributed by atoms with Gasteiger partial charge in [-0.25, -0.2) is 12.8 Å². The summed E-state index contributed by atoms with van der Waals surface area (Å²) < 4.78 is 40.1. The molecule has 2 unspecified atom stereocenters. The van der Waals surface area contributed by atoms with E-state index in [9.17, 15) is 12.8 Å². The van der Waals surface area contributed by atoms with Crippen molar-refractivity contribution in [1.82, 2.24) is 9.21 Å². The number of piperazine rings is 1. The van der Waals surface area contributed by atoms with Gasteiger partial charge in [0.1, 0.15) is 5.82 Å². The molecule has 2 bridgehead atoms. The fourth-order valence-corrected chi connectivity index (χ4v) is 5.44. The van der Waals surface area contributed by atoms with Crippen LogP contribution in [0.25, 0.3) is 0 Å². The van der Waals surface area contributed by atoms with E-state index in [4.69, 9.17) is 0 Å². The van der Waals surface area contributed by atoms with E-state index >= 15 is 0 Å². The first-order chi connectivity index (χ1) is 10.5. The summed E-state index contributed by atoms with van der Waals surface area (Å²) in [6.45, 7) is 5.58. The highest BCUT2D eigenvalue weighted by Gasteiger charge is 2.45. The number of halogens is 1. The first kappa shape index (κ1) is 17.4. The topological polar surface area (TPSA) is 40.6 Å². The number of fused-ring (bicyclic) bond motifs is 2. The molecule has 6 heteroatoms. The molecule has 2 saturated heterocycles. The van der Waals surface area contributed by atoms with E-state index in [0.717, 1.165) is 25.9 Å². The predicted molar refractivity (Wildman–Crippen MR) is 86.5 cm³/mol. The highest BCUT2D eigenvalue weighted by atomic mass is 32.2. The van der Waals surface area contributed by atoms with E-state index in [2.05, 4.69) is 4.90 Å². The molecule has 2 atom stereocenters. The van der Waals surface area contributed by atoms with Crippen LogP contribution >= 0.6 is 0 Å². The minimum absolute atomic E-state index is 0.0808. The minimum atomic E-state index is -3.37. The van der Waals surface area contributed by atoms with Crippen LogP contribution in [0.15, 0.2) is 24.3 Å². The Balaban J connectivity index is 0.000000847. The molecular formula is C16H25FN2O2S. The zero-order chi connectivity index (χ0) is 16.3. The second-order valence-electron chi connectivity index (χ2n) is 5.82. The maximum Gasteiger partial charge on any atom is 0.218 e. The summed E-state index contributed by atoms with van der Waals surface area (Å²) in [4.78, 5) is 2.19. The zero-order valence-corrected chi connectivity index (χ0v) is 14.3. The van der Waals surface area contributed by atoms with Crippen LogP contribution in [0.3, 0.4) is 0 Å². The lowest BCUT2D eigenvalue weighted by Crippen LogP contribution is -2.54. The third kappa shape index (κ3) is 3.67. The summed E-state index contributed by atoms with van der Waals surface area (Å²) >= 11 is 0. The van der Waals surface area contributed by atoms with Gasteiger partial charge in [0.2, 0.25) is 10.0 Å². The molecule has 0 spiro atoms. The van der Waals surface area contributed by atoms with Crippen LogP contribution in [0.2, 0.25) is 0 Å². The van der Waals surface area contributed by atoms with Crippen molar-refractivity contribution in [2.75, 3.05) is 20.1 Å². The molecule has 0 saturated carbocycles. The molecular weight excluding hydrogens is 303 g/mol. The molecule has 0 aromatic heterocycles. The fraction of sp³-hybridized carbons (Fsp3) is 0.625. The van der Waals surface area contributed by atoms with Crippen molar-refractivity contribution in [2.24, 2.45) is 0 Å². The van der Waals surface area contributed by atoms with Gasteiger partial charge in [0, 0.05) is 25.2 Å². The van der Waals surface area contributed by atoms with Gasteiger partial charge in [0.05, 0.1) is 5.75 Å². The lowest BCUT2D eigenvalue weighted by molar-refractivity contribution is 0.154. The van der Waals surface area contributed by atoms with Crippen molar-refractivity contribution < 1.29 is 12.8 Å². The molecule has 2 heterocycles. The summed E-state index contributed by atoms with van der Waals surface area (Å²) in [5, 5.41) is 0. The normalized spacial score (nSPS) is 25.6. The Morgan fingerprint density at radius 3 is 2.32 bits per heavy atom. The number of benzene rings is 1. The van der Waals surface area contributed by atoms with Crippen LogP contribution < -0.4 is 0 Å². The maximum atomic E-state index is 13.2. The molecule has 0 N–H and O–H groups in total. The van der Waals surface area contributed by atoms with Crippen LogP contribution in [0, 0.1) is 5.82 Å². The Morgan fingerprint density at radius 1 is 1.18 bits per heavy atom. The van der Waals surface area contributed by atoms with Crippen molar-refractivity contribution in [3.05, 3.63) is 35.6 Å². The second kappa shape index (κ2) is 7.06. The van der Waals surface area contributed by atoms with E-state index in [1.165, 1.54) is 12.1 Å². The maximum absolute atomic E-state index is 13.2. The van der Waals surface area contributed by atoms with E-state index in [-0.39, 0.29) is 23.7 Å². The molecule has 0 aliphatic carbocycles. The molecule has 2 aliphatic rings. The molecule has 2 aliphatic heterocycles. The lowest BCUT2D eigenvalue weighted by Gasteiger charge is -2.38. The summed E-state index contributed by atoms with van der Waals surface area (Å²) in [6, 6.07) is 6.01. The Hall–Kier alpha value is -0.980. The van der Waals surface area contributed by atoms with Gasteiger partial charge in [-0.2, -0.15) is 4.31 Å². The number of likely N-dealkylation sites (N-methyl/N-ethyl adjacent to an activating group) is 1. The summed E-state index contributed by atoms with van der Waals surface area (Å²) in [5.74, 6) is -0.499. The number of hydrogen-bond acceptors (Lipinski definition) is 3. The van der Waals surface area contributed by atoms with Gasteiger partial charge in [-0.1, -0.05) is 26.0 Å². The van der Waals surface area contributed by atoms with Crippen molar-refractivity contribution in [2.45, 2.75) is 44.5 Å². The largest absolute Gasteiger partial charge is 0.303 e. The van der Waals surface area contributed by atoms with Gasteiger partial charge in [-0.15, -0.1) is 0 Å². The van der Waals surface area contributed by atoms with Crippen LogP contribution in [0.5, 0.6) is 0 Å². The van der Waals surface area contributed by atoms with Gasteiger partial charge in [0.25, 0.3) is 0 Å². The Bertz CT molecular complexity index is 592. The van der Waals surface area contributed by atoms with Gasteiger partial charge in [0.15, 0.2) is 0 Å². The molecule has 1 aromatic carbocycles. The number of rotatable bonds is 3. The third-order valence-electron chi connectivity index (χ3n) is 4.16. The second-order valence-corrected chi connectivity index (χ2v) is 7.70. The quantitative estimate of drug-likeness (QED) is 0.856. The first-order valence-corrected chi connectivity index (χ1v) is 9.51. The standard InChI is InChI=1S/C14H19FN2O2S.C2H6/c1-16-8-13-5-6-14(9-16)17(13)20(18,19)10-11-3-2-4-12(15)7-11;1-2/h2-4,7,13-14H,5-6,8-10H2,1H3;1-2H3. The lowest BCUT2D eigenvalue weighted by atomic mass is 10.2. The van der Waals surface area contributed by atoms with E-state index in [1.807, 2.05) is 20.9 Å². The van der Waals surface area contributed by atoms with Crippen molar-refractivity contribution in [3.8, 4) is 0 Å². The number of sulfonamides is 1. The summed E-state index contributed by atoms with van der Waals surface area (Å²) in [5.41, 5.74) is 0.517. The van der Waals surface area contributed by atoms with E-state index in [1.54, 1.807) is 16.4 Å². The Labute approximate surface area is 133 Å². The monoisotopic (exact) mass is 328 g/mol. The Kier molecular flexibility index (Phi) is 5.58. The van der Waals surface area contributed by atoms with Crippen LogP contribution in [-0.2, 0) is 15.8 Å². The predicted octanol–water partition coefficient (Wildman–Crippen LogP) is 2.46. The molecule has 4 nitrogen and oxygen atoms in total. The smallest absolute Gasteiger partial charge is 0.218 e. The van der Waals surface area contributed by atoms with Gasteiger partial charge in [-0.05, 0) is 37.6 Å². The van der Waals surface area contributed by atoms with Crippen LogP contribution in [0.4, 0.5) is 4.39 Å². The molecule has 0 radical (unpaired) electrons. The molecule has 124 valence electrons. The number of hydrogen-bond donors (Lipinski definition) is 0. The Morgan fingerprint density at radius 2 is 1.77 bits per heavy atom. The third-order valence-corrected chi connectivity index (χ3v) is 6.09. The van der Waals surface area contributed by atoms with Crippen LogP contribution in [-0.4, -0.2) is 49.8 Å². The average molecular weight is 328 g/mol. The van der Waals surface area contributed by atoms with E-state index in [0.29, 0.717) is 5.56 Å². The molecule has 1 aromatic rings.